The van der Waals surface area contributed by atoms with Gasteiger partial charge in [0.2, 0.25) is 18.2 Å². The lowest BCUT2D eigenvalue weighted by molar-refractivity contribution is -0.115. The highest BCUT2D eigenvalue weighted by atomic mass is 16.4. The summed E-state index contributed by atoms with van der Waals surface area (Å²) in [6.07, 6.45) is 1.64. The van der Waals surface area contributed by atoms with E-state index in [2.05, 4.69) is 15.5 Å². The molecule has 0 saturated heterocycles. The number of nitrogens with zero attached hydrogens (tertiary/aromatic N) is 2. The fourth-order valence-corrected chi connectivity index (χ4v) is 2.18. The van der Waals surface area contributed by atoms with Crippen molar-refractivity contribution in [1.82, 2.24) is 10.2 Å². The minimum absolute atomic E-state index is 0.0418. The first-order valence-corrected chi connectivity index (χ1v) is 6.93. The molecule has 0 radical (unpaired) electrons. The molecule has 0 bridgehead atoms. The van der Waals surface area contributed by atoms with Gasteiger partial charge in [-0.05, 0) is 42.3 Å². The third-order valence-corrected chi connectivity index (χ3v) is 3.39. The van der Waals surface area contributed by atoms with E-state index in [0.717, 1.165) is 22.4 Å². The average Bonchev–Trinajstić information content (AvgIpc) is 3.05. The van der Waals surface area contributed by atoms with Crippen LogP contribution in [-0.4, -0.2) is 16.1 Å². The monoisotopic (exact) mass is 293 g/mol. The van der Waals surface area contributed by atoms with Gasteiger partial charge in [-0.2, -0.15) is 0 Å². The molecule has 0 aliphatic heterocycles. The highest BCUT2D eigenvalue weighted by Gasteiger charge is 2.07. The molecule has 2 aromatic carbocycles. The molecule has 3 aromatic rings. The molecule has 1 heterocycles. The van der Waals surface area contributed by atoms with Crippen molar-refractivity contribution < 1.29 is 9.21 Å². The number of aromatic nitrogens is 2. The van der Waals surface area contributed by atoms with E-state index < -0.39 is 0 Å². The molecule has 0 fully saturated rings. The molecule has 1 aromatic heterocycles. The largest absolute Gasteiger partial charge is 0.423 e. The Morgan fingerprint density at radius 1 is 1.14 bits per heavy atom. The summed E-state index contributed by atoms with van der Waals surface area (Å²) in [5.41, 5.74) is 3.70. The number of aryl methyl sites for hydroxylation is 1. The minimum Gasteiger partial charge on any atom is -0.423 e. The summed E-state index contributed by atoms with van der Waals surface area (Å²) < 4.78 is 5.12. The molecule has 0 unspecified atom stereocenters. The van der Waals surface area contributed by atoms with Gasteiger partial charge in [-0.1, -0.05) is 24.3 Å². The van der Waals surface area contributed by atoms with Gasteiger partial charge in [0.1, 0.15) is 0 Å². The predicted octanol–water partition coefficient (Wildman–Crippen LogP) is 3.23. The SMILES string of the molecule is Cc1ccccc1CC(=O)Nc1ccc(-c2nnco2)cc1. The van der Waals surface area contributed by atoms with E-state index in [1.165, 1.54) is 6.39 Å². The van der Waals surface area contributed by atoms with Crippen molar-refractivity contribution >= 4 is 11.6 Å². The molecule has 0 aliphatic carbocycles. The molecule has 22 heavy (non-hydrogen) atoms. The summed E-state index contributed by atoms with van der Waals surface area (Å²) in [6.45, 7) is 2.00. The van der Waals surface area contributed by atoms with Crippen LogP contribution < -0.4 is 5.32 Å². The molecule has 0 aliphatic rings. The quantitative estimate of drug-likeness (QED) is 0.802. The Kier molecular flexibility index (Phi) is 3.96. The molecule has 0 spiro atoms. The van der Waals surface area contributed by atoms with Crippen molar-refractivity contribution in [1.29, 1.82) is 0 Å². The van der Waals surface area contributed by atoms with Gasteiger partial charge in [0.25, 0.3) is 0 Å². The Morgan fingerprint density at radius 3 is 2.59 bits per heavy atom. The predicted molar refractivity (Wildman–Crippen MR) is 83.2 cm³/mol. The van der Waals surface area contributed by atoms with Crippen LogP contribution >= 0.6 is 0 Å². The van der Waals surface area contributed by atoms with E-state index in [0.29, 0.717) is 12.3 Å². The third-order valence-electron chi connectivity index (χ3n) is 3.39. The summed E-state index contributed by atoms with van der Waals surface area (Å²) in [5.74, 6) is 0.414. The second-order valence-corrected chi connectivity index (χ2v) is 4.97. The van der Waals surface area contributed by atoms with Crippen molar-refractivity contribution in [2.75, 3.05) is 5.32 Å². The van der Waals surface area contributed by atoms with Crippen LogP contribution in [0.25, 0.3) is 11.5 Å². The lowest BCUT2D eigenvalue weighted by atomic mass is 10.1. The van der Waals surface area contributed by atoms with Crippen LogP contribution in [-0.2, 0) is 11.2 Å². The first kappa shape index (κ1) is 14.0. The number of nitrogens with one attached hydrogen (secondary N) is 1. The second-order valence-electron chi connectivity index (χ2n) is 4.97. The zero-order valence-electron chi connectivity index (χ0n) is 12.1. The van der Waals surface area contributed by atoms with Gasteiger partial charge < -0.3 is 9.73 Å². The van der Waals surface area contributed by atoms with Crippen molar-refractivity contribution in [3.05, 3.63) is 66.1 Å². The van der Waals surface area contributed by atoms with Gasteiger partial charge in [-0.25, -0.2) is 0 Å². The normalized spacial score (nSPS) is 10.4. The summed E-state index contributed by atoms with van der Waals surface area (Å²) in [4.78, 5) is 12.1. The fraction of sp³-hybridized carbons (Fsp3) is 0.118. The number of amides is 1. The van der Waals surface area contributed by atoms with E-state index in [-0.39, 0.29) is 5.91 Å². The van der Waals surface area contributed by atoms with Gasteiger partial charge in [0.05, 0.1) is 6.42 Å². The van der Waals surface area contributed by atoms with Crippen molar-refractivity contribution in [3.8, 4) is 11.5 Å². The van der Waals surface area contributed by atoms with Gasteiger partial charge >= 0.3 is 0 Å². The smallest absolute Gasteiger partial charge is 0.247 e. The first-order valence-electron chi connectivity index (χ1n) is 6.93. The Balaban J connectivity index is 1.66. The Labute approximate surface area is 128 Å². The van der Waals surface area contributed by atoms with Crippen LogP contribution in [0.3, 0.4) is 0 Å². The Hall–Kier alpha value is -2.95. The Morgan fingerprint density at radius 2 is 1.91 bits per heavy atom. The van der Waals surface area contributed by atoms with Gasteiger partial charge in [0, 0.05) is 11.3 Å². The third kappa shape index (κ3) is 3.20. The maximum Gasteiger partial charge on any atom is 0.247 e. The van der Waals surface area contributed by atoms with Crippen LogP contribution in [0.4, 0.5) is 5.69 Å². The standard InChI is InChI=1S/C17H15N3O2/c1-12-4-2-3-5-14(12)10-16(21)19-15-8-6-13(7-9-15)17-20-18-11-22-17/h2-9,11H,10H2,1H3,(H,19,21). The number of hydrogen-bond donors (Lipinski definition) is 1. The summed E-state index contributed by atoms with van der Waals surface area (Å²) in [7, 11) is 0. The van der Waals surface area contributed by atoms with E-state index in [1.54, 1.807) is 0 Å². The van der Waals surface area contributed by atoms with E-state index >= 15 is 0 Å². The maximum atomic E-state index is 12.1. The van der Waals surface area contributed by atoms with Crippen LogP contribution in [0, 0.1) is 6.92 Å². The van der Waals surface area contributed by atoms with Crippen molar-refractivity contribution in [2.24, 2.45) is 0 Å². The molecule has 5 nitrogen and oxygen atoms in total. The first-order chi connectivity index (χ1) is 10.7. The summed E-state index contributed by atoms with van der Waals surface area (Å²) in [5, 5.41) is 10.4. The lowest BCUT2D eigenvalue weighted by Gasteiger charge is -2.07. The second kappa shape index (κ2) is 6.22. The van der Waals surface area contributed by atoms with Crippen LogP contribution in [0.1, 0.15) is 11.1 Å². The molecule has 1 N–H and O–H groups in total. The van der Waals surface area contributed by atoms with Crippen LogP contribution in [0.5, 0.6) is 0 Å². The number of carbonyl (C=O) groups is 1. The number of anilines is 1. The topological polar surface area (TPSA) is 68.0 Å². The van der Waals surface area contributed by atoms with Gasteiger partial charge in [0.15, 0.2) is 0 Å². The number of hydrogen-bond acceptors (Lipinski definition) is 4. The number of rotatable bonds is 4. The molecule has 110 valence electrons. The number of benzene rings is 2. The summed E-state index contributed by atoms with van der Waals surface area (Å²) in [6, 6.07) is 15.2. The minimum atomic E-state index is -0.0418. The van der Waals surface area contributed by atoms with Crippen LogP contribution in [0.15, 0.2) is 59.3 Å². The molecular weight excluding hydrogens is 278 g/mol. The molecule has 1 amide bonds. The maximum absolute atomic E-state index is 12.1. The number of carbonyl (C=O) groups excluding carboxylic acids is 1. The van der Waals surface area contributed by atoms with E-state index in [9.17, 15) is 4.79 Å². The molecule has 0 saturated carbocycles. The van der Waals surface area contributed by atoms with Crippen LogP contribution in [0.2, 0.25) is 0 Å². The van der Waals surface area contributed by atoms with Gasteiger partial charge in [-0.3, -0.25) is 4.79 Å². The van der Waals surface area contributed by atoms with Gasteiger partial charge in [-0.15, -0.1) is 10.2 Å². The van der Waals surface area contributed by atoms with Crippen molar-refractivity contribution in [3.63, 3.8) is 0 Å². The molecule has 3 rings (SSSR count). The molecular formula is C17H15N3O2. The van der Waals surface area contributed by atoms with Crippen molar-refractivity contribution in [2.45, 2.75) is 13.3 Å². The highest BCUT2D eigenvalue weighted by molar-refractivity contribution is 5.92. The fourth-order valence-electron chi connectivity index (χ4n) is 2.18. The highest BCUT2D eigenvalue weighted by Crippen LogP contribution is 2.19. The summed E-state index contributed by atoms with van der Waals surface area (Å²) >= 11 is 0. The van der Waals surface area contributed by atoms with E-state index in [1.807, 2.05) is 55.5 Å². The molecule has 5 heteroatoms. The average molecular weight is 293 g/mol. The zero-order chi connectivity index (χ0) is 15.4. The lowest BCUT2D eigenvalue weighted by Crippen LogP contribution is -2.14. The Bertz CT molecular complexity index is 765. The molecule has 0 atom stereocenters. The zero-order valence-corrected chi connectivity index (χ0v) is 12.1. The van der Waals surface area contributed by atoms with E-state index in [4.69, 9.17) is 4.42 Å².